The molecule has 4 rings (SSSR count). The zero-order valence-electron chi connectivity index (χ0n) is 15.8. The lowest BCUT2D eigenvalue weighted by Gasteiger charge is -2.17. The highest BCUT2D eigenvalue weighted by molar-refractivity contribution is 7.98. The number of thioether (sulfide) groups is 1. The lowest BCUT2D eigenvalue weighted by molar-refractivity contribution is 0.0697. The fourth-order valence-electron chi connectivity index (χ4n) is 3.38. The highest BCUT2D eigenvalue weighted by Crippen LogP contribution is 2.28. The number of carboxylic acid groups (broad SMARTS) is 1. The zero-order valence-corrected chi connectivity index (χ0v) is 17.4. The van der Waals surface area contributed by atoms with Gasteiger partial charge in [0.1, 0.15) is 5.82 Å². The van der Waals surface area contributed by atoms with Crippen LogP contribution in [0.1, 0.15) is 28.8 Å². The van der Waals surface area contributed by atoms with Crippen LogP contribution in [0.2, 0.25) is 5.02 Å². The van der Waals surface area contributed by atoms with Gasteiger partial charge in [0, 0.05) is 17.4 Å². The van der Waals surface area contributed by atoms with Gasteiger partial charge in [-0.2, -0.15) is 0 Å². The molecule has 1 atom stereocenters. The molecule has 1 unspecified atom stereocenters. The van der Waals surface area contributed by atoms with Crippen molar-refractivity contribution in [3.05, 3.63) is 68.7 Å². The second-order valence-electron chi connectivity index (χ2n) is 7.01. The van der Waals surface area contributed by atoms with Crippen molar-refractivity contribution < 1.29 is 19.0 Å². The van der Waals surface area contributed by atoms with E-state index in [0.717, 1.165) is 12.8 Å². The first-order chi connectivity index (χ1) is 14.4. The van der Waals surface area contributed by atoms with E-state index in [1.807, 2.05) is 0 Å². The smallest absolute Gasteiger partial charge is 0.335 e. The predicted octanol–water partition coefficient (Wildman–Crippen LogP) is 4.36. The molecule has 1 N–H and O–H groups in total. The molecule has 0 saturated carbocycles. The van der Waals surface area contributed by atoms with Crippen molar-refractivity contribution in [1.29, 1.82) is 0 Å². The normalized spacial score (nSPS) is 16.3. The Morgan fingerprint density at radius 3 is 2.87 bits per heavy atom. The summed E-state index contributed by atoms with van der Waals surface area (Å²) in [5.74, 6) is -1.13. The van der Waals surface area contributed by atoms with Gasteiger partial charge in [-0.15, -0.1) is 0 Å². The number of aromatic carboxylic acids is 1. The number of hydrogen-bond acceptors (Lipinski definition) is 5. The Hall–Kier alpha value is -2.42. The molecule has 1 aliphatic rings. The number of fused-ring (bicyclic) bond motifs is 1. The number of nitrogens with zero attached hydrogens (tertiary/aromatic N) is 2. The zero-order chi connectivity index (χ0) is 21.3. The Balaban J connectivity index is 1.75. The largest absolute Gasteiger partial charge is 0.478 e. The monoisotopic (exact) mass is 448 g/mol. The summed E-state index contributed by atoms with van der Waals surface area (Å²) in [4.78, 5) is 29.1. The molecule has 1 aromatic heterocycles. The van der Waals surface area contributed by atoms with Gasteiger partial charge in [-0.1, -0.05) is 29.4 Å². The Kier molecular flexibility index (Phi) is 6.08. The van der Waals surface area contributed by atoms with Crippen molar-refractivity contribution in [1.82, 2.24) is 9.55 Å². The first-order valence-corrected chi connectivity index (χ1v) is 10.7. The molecule has 0 amide bonds. The SMILES string of the molecule is O=C(O)c1ccc2c(=O)n(CC3CCCO3)c(SCc3ccc(F)cc3Cl)nc2c1. The van der Waals surface area contributed by atoms with E-state index in [2.05, 4.69) is 4.98 Å². The van der Waals surface area contributed by atoms with Gasteiger partial charge in [0.05, 0.1) is 29.1 Å². The van der Waals surface area contributed by atoms with E-state index >= 15 is 0 Å². The fraction of sp³-hybridized carbons (Fsp3) is 0.286. The molecule has 0 aliphatic carbocycles. The molecule has 0 bridgehead atoms. The third kappa shape index (κ3) is 4.35. The molecule has 2 heterocycles. The summed E-state index contributed by atoms with van der Waals surface area (Å²) in [7, 11) is 0. The molecular weight excluding hydrogens is 431 g/mol. The van der Waals surface area contributed by atoms with E-state index in [-0.39, 0.29) is 17.2 Å². The Morgan fingerprint density at radius 1 is 1.33 bits per heavy atom. The Labute approximate surface area is 180 Å². The average molecular weight is 449 g/mol. The van der Waals surface area contributed by atoms with Crippen LogP contribution >= 0.6 is 23.4 Å². The molecule has 1 saturated heterocycles. The lowest BCUT2D eigenvalue weighted by atomic mass is 10.1. The number of ether oxygens (including phenoxy) is 1. The van der Waals surface area contributed by atoms with Crippen LogP contribution in [0.4, 0.5) is 4.39 Å². The first-order valence-electron chi connectivity index (χ1n) is 9.38. The molecule has 6 nitrogen and oxygen atoms in total. The van der Waals surface area contributed by atoms with Gasteiger partial charge in [-0.05, 0) is 48.7 Å². The number of carboxylic acids is 1. The van der Waals surface area contributed by atoms with E-state index in [1.54, 1.807) is 10.6 Å². The minimum absolute atomic E-state index is 0.0591. The van der Waals surface area contributed by atoms with Gasteiger partial charge >= 0.3 is 5.97 Å². The van der Waals surface area contributed by atoms with Gasteiger partial charge < -0.3 is 9.84 Å². The van der Waals surface area contributed by atoms with E-state index in [0.29, 0.717) is 45.5 Å². The number of rotatable bonds is 6. The number of benzene rings is 2. The number of hydrogen-bond donors (Lipinski definition) is 1. The van der Waals surface area contributed by atoms with Crippen molar-refractivity contribution in [2.24, 2.45) is 0 Å². The number of halogens is 2. The third-order valence-electron chi connectivity index (χ3n) is 4.95. The molecule has 1 aliphatic heterocycles. The molecule has 1 fully saturated rings. The molecule has 30 heavy (non-hydrogen) atoms. The molecule has 0 spiro atoms. The Morgan fingerprint density at radius 2 is 2.17 bits per heavy atom. The second kappa shape index (κ2) is 8.75. The van der Waals surface area contributed by atoms with Crippen LogP contribution in [-0.2, 0) is 17.0 Å². The summed E-state index contributed by atoms with van der Waals surface area (Å²) in [5.41, 5.74) is 0.834. The summed E-state index contributed by atoms with van der Waals surface area (Å²) in [6.45, 7) is 1.03. The van der Waals surface area contributed by atoms with Crippen LogP contribution in [-0.4, -0.2) is 33.3 Å². The molecule has 3 aromatic rings. The van der Waals surface area contributed by atoms with Crippen LogP contribution in [0.3, 0.4) is 0 Å². The summed E-state index contributed by atoms with van der Waals surface area (Å²) in [5, 5.41) is 10.3. The summed E-state index contributed by atoms with van der Waals surface area (Å²) < 4.78 is 20.6. The number of aromatic nitrogens is 2. The molecule has 9 heteroatoms. The topological polar surface area (TPSA) is 81.4 Å². The van der Waals surface area contributed by atoms with Crippen molar-refractivity contribution in [2.75, 3.05) is 6.61 Å². The molecule has 2 aromatic carbocycles. The third-order valence-corrected chi connectivity index (χ3v) is 6.33. The fourth-order valence-corrected chi connectivity index (χ4v) is 4.70. The molecule has 0 radical (unpaired) electrons. The standard InChI is InChI=1S/C21H18ClFN2O4S/c22-17-9-14(23)5-3-13(17)11-30-21-24-18-8-12(20(27)28)4-6-16(18)19(26)25(21)10-15-2-1-7-29-15/h3-6,8-9,15H,1-2,7,10-11H2,(H,27,28). The van der Waals surface area contributed by atoms with Crippen molar-refractivity contribution in [3.63, 3.8) is 0 Å². The molecule has 156 valence electrons. The van der Waals surface area contributed by atoms with Crippen LogP contribution in [0.5, 0.6) is 0 Å². The van der Waals surface area contributed by atoms with Gasteiger partial charge in [0.15, 0.2) is 5.16 Å². The second-order valence-corrected chi connectivity index (χ2v) is 8.36. The highest BCUT2D eigenvalue weighted by atomic mass is 35.5. The quantitative estimate of drug-likeness (QED) is 0.445. The van der Waals surface area contributed by atoms with E-state index in [4.69, 9.17) is 16.3 Å². The van der Waals surface area contributed by atoms with Gasteiger partial charge in [0.2, 0.25) is 0 Å². The minimum Gasteiger partial charge on any atom is -0.478 e. The first kappa shape index (κ1) is 20.8. The van der Waals surface area contributed by atoms with E-state index in [9.17, 15) is 19.1 Å². The van der Waals surface area contributed by atoms with E-state index in [1.165, 1.54) is 42.1 Å². The van der Waals surface area contributed by atoms with Crippen LogP contribution in [0.25, 0.3) is 10.9 Å². The van der Waals surface area contributed by atoms with Crippen molar-refractivity contribution in [3.8, 4) is 0 Å². The van der Waals surface area contributed by atoms with Crippen LogP contribution < -0.4 is 5.56 Å². The maximum Gasteiger partial charge on any atom is 0.335 e. The predicted molar refractivity (Wildman–Crippen MR) is 113 cm³/mol. The summed E-state index contributed by atoms with van der Waals surface area (Å²) in [6, 6.07) is 8.44. The average Bonchev–Trinajstić information content (AvgIpc) is 3.22. The maximum absolute atomic E-state index is 13.3. The lowest BCUT2D eigenvalue weighted by Crippen LogP contribution is -2.29. The van der Waals surface area contributed by atoms with Gasteiger partial charge in [0.25, 0.3) is 5.56 Å². The highest BCUT2D eigenvalue weighted by Gasteiger charge is 2.21. The van der Waals surface area contributed by atoms with Crippen molar-refractivity contribution >= 4 is 40.2 Å². The van der Waals surface area contributed by atoms with Gasteiger partial charge in [-0.25, -0.2) is 14.2 Å². The van der Waals surface area contributed by atoms with Crippen LogP contribution in [0.15, 0.2) is 46.3 Å². The van der Waals surface area contributed by atoms with Crippen LogP contribution in [0, 0.1) is 5.82 Å². The molecular formula is C21H18ClFN2O4S. The van der Waals surface area contributed by atoms with E-state index < -0.39 is 11.8 Å². The maximum atomic E-state index is 13.3. The summed E-state index contributed by atoms with van der Waals surface area (Å²) in [6.07, 6.45) is 1.72. The Bertz CT molecular complexity index is 1180. The minimum atomic E-state index is -1.09. The number of carbonyl (C=O) groups is 1. The van der Waals surface area contributed by atoms with Gasteiger partial charge in [-0.3, -0.25) is 9.36 Å². The summed E-state index contributed by atoms with van der Waals surface area (Å²) >= 11 is 7.42. The van der Waals surface area contributed by atoms with Crippen molar-refractivity contribution in [2.45, 2.75) is 36.4 Å².